The summed E-state index contributed by atoms with van der Waals surface area (Å²) in [6.45, 7) is 4.61. The van der Waals surface area contributed by atoms with Crippen LogP contribution < -0.4 is 14.8 Å². The highest BCUT2D eigenvalue weighted by Crippen LogP contribution is 2.41. The summed E-state index contributed by atoms with van der Waals surface area (Å²) in [7, 11) is 0. The van der Waals surface area contributed by atoms with Crippen LogP contribution in [-0.4, -0.2) is 29.6 Å². The third-order valence-corrected chi connectivity index (χ3v) is 3.74. The van der Waals surface area contributed by atoms with Gasteiger partial charge in [0.05, 0.1) is 12.1 Å². The Bertz CT molecular complexity index is 820. The van der Waals surface area contributed by atoms with Crippen LogP contribution in [0.25, 0.3) is 0 Å². The molecule has 0 fully saturated rings. The molecule has 1 aromatic carbocycles. The van der Waals surface area contributed by atoms with Crippen molar-refractivity contribution in [3.63, 3.8) is 0 Å². The minimum Gasteiger partial charge on any atom is -0.483 e. The predicted molar refractivity (Wildman–Crippen MR) is 94.7 cm³/mol. The summed E-state index contributed by atoms with van der Waals surface area (Å²) >= 11 is 0. The average molecular weight is 336 g/mol. The molecule has 0 saturated carbocycles. The standard InChI is InChI=1S/C20H20N2O3/c1-20(2)13-15-7-5-9-17(18(15)25-20)24-12-4-3-11-22-19(23)16-8-6-10-21-14-16/h5-10,14H,11-13H2,1-2H3,(H,22,23). The molecule has 5 heteroatoms. The normalized spacial score (nSPS) is 13.8. The molecular weight excluding hydrogens is 316 g/mol. The van der Waals surface area contributed by atoms with Gasteiger partial charge in [-0.05, 0) is 32.0 Å². The van der Waals surface area contributed by atoms with Gasteiger partial charge in [0.15, 0.2) is 11.5 Å². The molecule has 1 aliphatic heterocycles. The Morgan fingerprint density at radius 3 is 3.00 bits per heavy atom. The van der Waals surface area contributed by atoms with Crippen molar-refractivity contribution in [1.82, 2.24) is 10.3 Å². The fourth-order valence-corrected chi connectivity index (χ4v) is 2.65. The van der Waals surface area contributed by atoms with Gasteiger partial charge in [0.2, 0.25) is 0 Å². The minimum atomic E-state index is -0.204. The summed E-state index contributed by atoms with van der Waals surface area (Å²) in [4.78, 5) is 15.7. The molecule has 0 unspecified atom stereocenters. The van der Waals surface area contributed by atoms with Crippen molar-refractivity contribution in [2.24, 2.45) is 0 Å². The highest BCUT2D eigenvalue weighted by atomic mass is 16.5. The number of carbonyl (C=O) groups excluding carboxylic acids is 1. The molecule has 3 rings (SSSR count). The van der Waals surface area contributed by atoms with E-state index in [1.807, 2.05) is 12.1 Å². The number of pyridine rings is 1. The van der Waals surface area contributed by atoms with Gasteiger partial charge < -0.3 is 14.8 Å². The second-order valence-corrected chi connectivity index (χ2v) is 6.35. The number of hydrogen-bond donors (Lipinski definition) is 1. The average Bonchev–Trinajstić information content (AvgIpc) is 2.93. The number of nitrogens with zero attached hydrogens (tertiary/aromatic N) is 1. The van der Waals surface area contributed by atoms with Crippen molar-refractivity contribution in [2.75, 3.05) is 13.2 Å². The van der Waals surface area contributed by atoms with Crippen LogP contribution in [0.2, 0.25) is 0 Å². The molecule has 25 heavy (non-hydrogen) atoms. The van der Waals surface area contributed by atoms with Gasteiger partial charge in [0.25, 0.3) is 5.91 Å². The van der Waals surface area contributed by atoms with Crippen LogP contribution in [0.15, 0.2) is 42.7 Å². The highest BCUT2D eigenvalue weighted by molar-refractivity contribution is 5.93. The van der Waals surface area contributed by atoms with E-state index in [4.69, 9.17) is 9.47 Å². The summed E-state index contributed by atoms with van der Waals surface area (Å²) < 4.78 is 11.7. The maximum Gasteiger partial charge on any atom is 0.253 e. The van der Waals surface area contributed by atoms with Gasteiger partial charge in [-0.2, -0.15) is 0 Å². The topological polar surface area (TPSA) is 60.5 Å². The highest BCUT2D eigenvalue weighted by Gasteiger charge is 2.32. The smallest absolute Gasteiger partial charge is 0.253 e. The number of rotatable bonds is 4. The van der Waals surface area contributed by atoms with Gasteiger partial charge in [0.1, 0.15) is 12.2 Å². The lowest BCUT2D eigenvalue weighted by Gasteiger charge is -2.17. The van der Waals surface area contributed by atoms with E-state index in [1.54, 1.807) is 18.3 Å². The van der Waals surface area contributed by atoms with E-state index in [-0.39, 0.29) is 24.7 Å². The molecule has 1 aromatic heterocycles. The number of aromatic nitrogens is 1. The Labute approximate surface area is 147 Å². The zero-order valence-electron chi connectivity index (χ0n) is 14.3. The Morgan fingerprint density at radius 2 is 2.20 bits per heavy atom. The number of benzene rings is 1. The van der Waals surface area contributed by atoms with Crippen LogP contribution in [-0.2, 0) is 6.42 Å². The number of carbonyl (C=O) groups is 1. The summed E-state index contributed by atoms with van der Waals surface area (Å²) in [5.41, 5.74) is 1.46. The number of amides is 1. The molecular formula is C20H20N2O3. The second kappa shape index (κ2) is 7.27. The van der Waals surface area contributed by atoms with E-state index in [0.29, 0.717) is 11.3 Å². The van der Waals surface area contributed by atoms with Crippen molar-refractivity contribution in [1.29, 1.82) is 0 Å². The van der Waals surface area contributed by atoms with Crippen LogP contribution in [0.4, 0.5) is 0 Å². The van der Waals surface area contributed by atoms with Gasteiger partial charge in [-0.15, -0.1) is 0 Å². The van der Waals surface area contributed by atoms with Gasteiger partial charge in [-0.25, -0.2) is 0 Å². The molecule has 0 bridgehead atoms. The molecule has 1 aliphatic rings. The number of ether oxygens (including phenoxy) is 2. The molecule has 2 heterocycles. The summed E-state index contributed by atoms with van der Waals surface area (Å²) in [5.74, 6) is 7.08. The molecule has 0 radical (unpaired) electrons. The maximum atomic E-state index is 11.8. The third kappa shape index (κ3) is 4.30. The lowest BCUT2D eigenvalue weighted by Crippen LogP contribution is -2.24. The Balaban J connectivity index is 1.48. The van der Waals surface area contributed by atoms with Gasteiger partial charge in [-0.1, -0.05) is 24.0 Å². The maximum absolute atomic E-state index is 11.8. The minimum absolute atomic E-state index is 0.195. The Morgan fingerprint density at radius 1 is 1.32 bits per heavy atom. The van der Waals surface area contributed by atoms with E-state index in [1.165, 1.54) is 6.20 Å². The first-order valence-corrected chi connectivity index (χ1v) is 8.13. The van der Waals surface area contributed by atoms with Crippen molar-refractivity contribution < 1.29 is 14.3 Å². The molecule has 1 N–H and O–H groups in total. The van der Waals surface area contributed by atoms with Crippen molar-refractivity contribution in [2.45, 2.75) is 25.9 Å². The Hall–Kier alpha value is -3.00. The quantitative estimate of drug-likeness (QED) is 0.872. The first-order valence-electron chi connectivity index (χ1n) is 8.13. The van der Waals surface area contributed by atoms with Crippen molar-refractivity contribution in [3.8, 4) is 23.3 Å². The molecule has 0 saturated heterocycles. The summed E-state index contributed by atoms with van der Waals surface area (Å²) in [6.07, 6.45) is 4.01. The number of para-hydroxylation sites is 1. The first-order chi connectivity index (χ1) is 12.1. The van der Waals surface area contributed by atoms with E-state index in [2.05, 4.69) is 42.1 Å². The predicted octanol–water partition coefficient (Wildman–Crippen LogP) is 2.61. The van der Waals surface area contributed by atoms with E-state index >= 15 is 0 Å². The van der Waals surface area contributed by atoms with Crippen LogP contribution in [0, 0.1) is 11.8 Å². The molecule has 128 valence electrons. The lowest BCUT2D eigenvalue weighted by molar-refractivity contribution is 0.0958. The zero-order valence-corrected chi connectivity index (χ0v) is 14.3. The summed E-state index contributed by atoms with van der Waals surface area (Å²) in [6, 6.07) is 9.32. The SMILES string of the molecule is CC1(C)Cc2cccc(OCC#CCNC(=O)c3cccnc3)c2O1. The summed E-state index contributed by atoms with van der Waals surface area (Å²) in [5, 5.41) is 2.72. The third-order valence-electron chi connectivity index (χ3n) is 3.74. The molecule has 2 aromatic rings. The van der Waals surface area contributed by atoms with Gasteiger partial charge >= 0.3 is 0 Å². The van der Waals surface area contributed by atoms with Gasteiger partial charge in [-0.3, -0.25) is 9.78 Å². The van der Waals surface area contributed by atoms with Crippen molar-refractivity contribution in [3.05, 3.63) is 53.9 Å². The molecule has 5 nitrogen and oxygen atoms in total. The zero-order chi connectivity index (χ0) is 17.7. The number of fused-ring (bicyclic) bond motifs is 1. The fourth-order valence-electron chi connectivity index (χ4n) is 2.65. The molecule has 0 atom stereocenters. The fraction of sp³-hybridized carbons (Fsp3) is 0.300. The largest absolute Gasteiger partial charge is 0.483 e. The monoisotopic (exact) mass is 336 g/mol. The molecule has 0 aliphatic carbocycles. The van der Waals surface area contributed by atoms with Crippen LogP contribution >= 0.6 is 0 Å². The van der Waals surface area contributed by atoms with E-state index < -0.39 is 0 Å². The number of hydrogen-bond acceptors (Lipinski definition) is 4. The van der Waals surface area contributed by atoms with E-state index in [9.17, 15) is 4.79 Å². The number of nitrogens with one attached hydrogen (secondary N) is 1. The van der Waals surface area contributed by atoms with Crippen molar-refractivity contribution >= 4 is 5.91 Å². The molecule has 0 spiro atoms. The second-order valence-electron chi connectivity index (χ2n) is 6.35. The molecule has 1 amide bonds. The van der Waals surface area contributed by atoms with Crippen LogP contribution in [0.1, 0.15) is 29.8 Å². The van der Waals surface area contributed by atoms with E-state index in [0.717, 1.165) is 17.7 Å². The van der Waals surface area contributed by atoms with Crippen LogP contribution in [0.5, 0.6) is 11.5 Å². The lowest BCUT2D eigenvalue weighted by atomic mass is 10.0. The van der Waals surface area contributed by atoms with Gasteiger partial charge in [0, 0.05) is 24.4 Å². The van der Waals surface area contributed by atoms with Crippen LogP contribution in [0.3, 0.4) is 0 Å². The first kappa shape index (κ1) is 16.8. The Kier molecular flexibility index (Phi) is 4.90.